The van der Waals surface area contributed by atoms with Crippen LogP contribution in [0.15, 0.2) is 6.33 Å². The lowest BCUT2D eigenvalue weighted by Gasteiger charge is -2.07. The Morgan fingerprint density at radius 2 is 2.58 bits per heavy atom. The molecule has 12 heavy (non-hydrogen) atoms. The molecule has 2 heterocycles. The summed E-state index contributed by atoms with van der Waals surface area (Å²) in [7, 11) is 0. The minimum Gasteiger partial charge on any atom is -0.369 e. The molecule has 4 nitrogen and oxygen atoms in total. The molecular formula is C8H13N3O. The first-order valence-electron chi connectivity index (χ1n) is 4.13. The van der Waals surface area contributed by atoms with Crippen molar-refractivity contribution >= 4 is 0 Å². The average Bonchev–Trinajstić information content (AvgIpc) is 2.52. The Kier molecular flexibility index (Phi) is 1.86. The van der Waals surface area contributed by atoms with Crippen molar-refractivity contribution < 1.29 is 4.74 Å². The second-order valence-corrected chi connectivity index (χ2v) is 3.26. The van der Waals surface area contributed by atoms with Crippen LogP contribution in [0.2, 0.25) is 0 Å². The molecule has 4 heteroatoms. The van der Waals surface area contributed by atoms with Crippen LogP contribution < -0.4 is 5.73 Å². The third-order valence-corrected chi connectivity index (χ3v) is 2.00. The zero-order valence-electron chi connectivity index (χ0n) is 7.16. The number of ether oxygens (including phenoxy) is 1. The van der Waals surface area contributed by atoms with Crippen LogP contribution in [0, 0.1) is 0 Å². The van der Waals surface area contributed by atoms with Crippen molar-refractivity contribution in [3.05, 3.63) is 17.7 Å². The van der Waals surface area contributed by atoms with Crippen molar-refractivity contribution in [2.75, 3.05) is 0 Å². The second-order valence-electron chi connectivity index (χ2n) is 3.26. The molecule has 1 aromatic rings. The Morgan fingerprint density at radius 3 is 3.33 bits per heavy atom. The smallest absolute Gasteiger partial charge is 0.0953 e. The summed E-state index contributed by atoms with van der Waals surface area (Å²) in [4.78, 5) is 4.23. The Labute approximate surface area is 71.3 Å². The van der Waals surface area contributed by atoms with Gasteiger partial charge in [0, 0.05) is 12.6 Å². The number of imidazole rings is 1. The van der Waals surface area contributed by atoms with Gasteiger partial charge in [-0.1, -0.05) is 0 Å². The highest BCUT2D eigenvalue weighted by Gasteiger charge is 2.17. The van der Waals surface area contributed by atoms with E-state index in [4.69, 9.17) is 10.5 Å². The van der Waals surface area contributed by atoms with Gasteiger partial charge in [0.15, 0.2) is 0 Å². The number of hydrogen-bond acceptors (Lipinski definition) is 3. The summed E-state index contributed by atoms with van der Waals surface area (Å²) in [5.41, 5.74) is 7.94. The molecule has 0 aromatic carbocycles. The van der Waals surface area contributed by atoms with Gasteiger partial charge in [-0.05, 0) is 6.92 Å². The lowest BCUT2D eigenvalue weighted by atomic mass is 10.3. The summed E-state index contributed by atoms with van der Waals surface area (Å²) < 4.78 is 7.33. The first kappa shape index (κ1) is 7.76. The van der Waals surface area contributed by atoms with Gasteiger partial charge in [0.25, 0.3) is 0 Å². The second kappa shape index (κ2) is 2.88. The molecule has 2 N–H and O–H groups in total. The molecule has 1 aliphatic rings. The van der Waals surface area contributed by atoms with E-state index in [0.717, 1.165) is 12.2 Å². The van der Waals surface area contributed by atoms with E-state index in [1.54, 1.807) is 0 Å². The van der Waals surface area contributed by atoms with E-state index in [0.29, 0.717) is 13.2 Å². The fraction of sp³-hybridized carbons (Fsp3) is 0.625. The summed E-state index contributed by atoms with van der Waals surface area (Å²) in [5, 5.41) is 0. The molecule has 2 rings (SSSR count). The topological polar surface area (TPSA) is 53.1 Å². The summed E-state index contributed by atoms with van der Waals surface area (Å²) in [5.74, 6) is 0. The molecule has 0 spiro atoms. The fourth-order valence-electron chi connectivity index (χ4n) is 1.45. The van der Waals surface area contributed by atoms with Crippen LogP contribution in [-0.2, 0) is 24.5 Å². The number of aromatic nitrogens is 2. The predicted octanol–water partition coefficient (Wildman–Crippen LogP) is 0.260. The molecule has 1 aliphatic heterocycles. The van der Waals surface area contributed by atoms with Gasteiger partial charge in [0.2, 0.25) is 0 Å². The molecule has 0 amide bonds. The van der Waals surface area contributed by atoms with Crippen LogP contribution in [0.25, 0.3) is 0 Å². The Morgan fingerprint density at radius 1 is 1.75 bits per heavy atom. The van der Waals surface area contributed by atoms with Crippen molar-refractivity contribution in [2.24, 2.45) is 5.73 Å². The molecule has 0 bridgehead atoms. The molecule has 66 valence electrons. The normalized spacial score (nSPS) is 17.8. The fourth-order valence-corrected chi connectivity index (χ4v) is 1.45. The molecular weight excluding hydrogens is 154 g/mol. The third-order valence-electron chi connectivity index (χ3n) is 2.00. The summed E-state index contributed by atoms with van der Waals surface area (Å²) in [6, 6.07) is 0.170. The summed E-state index contributed by atoms with van der Waals surface area (Å²) in [6.07, 6.45) is 1.84. The van der Waals surface area contributed by atoms with Crippen LogP contribution in [0.1, 0.15) is 18.3 Å². The van der Waals surface area contributed by atoms with Crippen LogP contribution >= 0.6 is 0 Å². The zero-order chi connectivity index (χ0) is 8.55. The molecule has 0 saturated heterocycles. The molecule has 1 aromatic heterocycles. The molecule has 0 radical (unpaired) electrons. The molecule has 1 unspecified atom stereocenters. The van der Waals surface area contributed by atoms with Gasteiger partial charge in [-0.15, -0.1) is 0 Å². The molecule has 0 fully saturated rings. The van der Waals surface area contributed by atoms with Crippen molar-refractivity contribution in [2.45, 2.75) is 32.7 Å². The molecule has 0 saturated carbocycles. The maximum absolute atomic E-state index is 5.69. The van der Waals surface area contributed by atoms with Gasteiger partial charge in [-0.2, -0.15) is 0 Å². The SMILES string of the molecule is CC(N)Cn1cnc2c1COC2. The van der Waals surface area contributed by atoms with E-state index < -0.39 is 0 Å². The number of hydrogen-bond donors (Lipinski definition) is 1. The van der Waals surface area contributed by atoms with Crippen LogP contribution in [0.4, 0.5) is 0 Å². The number of nitrogens with two attached hydrogens (primary N) is 1. The standard InChI is InChI=1S/C8H13N3O/c1-6(9)2-11-5-10-7-3-12-4-8(7)11/h5-6H,2-4,9H2,1H3. The Bertz CT molecular complexity index is 280. The van der Waals surface area contributed by atoms with Crippen LogP contribution in [0.5, 0.6) is 0 Å². The van der Waals surface area contributed by atoms with Crippen molar-refractivity contribution in [1.29, 1.82) is 0 Å². The summed E-state index contributed by atoms with van der Waals surface area (Å²) in [6.45, 7) is 4.15. The van der Waals surface area contributed by atoms with E-state index in [9.17, 15) is 0 Å². The van der Waals surface area contributed by atoms with Crippen LogP contribution in [-0.4, -0.2) is 15.6 Å². The highest BCUT2D eigenvalue weighted by Crippen LogP contribution is 2.17. The lowest BCUT2D eigenvalue weighted by molar-refractivity contribution is 0.128. The van der Waals surface area contributed by atoms with E-state index in [1.807, 2.05) is 13.3 Å². The number of rotatable bonds is 2. The predicted molar refractivity (Wildman–Crippen MR) is 44.4 cm³/mol. The van der Waals surface area contributed by atoms with Crippen LogP contribution in [0.3, 0.4) is 0 Å². The van der Waals surface area contributed by atoms with E-state index >= 15 is 0 Å². The van der Waals surface area contributed by atoms with Gasteiger partial charge in [0.05, 0.1) is 30.9 Å². The van der Waals surface area contributed by atoms with Gasteiger partial charge in [0.1, 0.15) is 0 Å². The largest absolute Gasteiger partial charge is 0.369 e. The third kappa shape index (κ3) is 1.23. The van der Waals surface area contributed by atoms with E-state index in [1.165, 1.54) is 5.69 Å². The maximum Gasteiger partial charge on any atom is 0.0953 e. The van der Waals surface area contributed by atoms with Crippen molar-refractivity contribution in [3.63, 3.8) is 0 Å². The summed E-state index contributed by atoms with van der Waals surface area (Å²) >= 11 is 0. The first-order valence-corrected chi connectivity index (χ1v) is 4.13. The van der Waals surface area contributed by atoms with Gasteiger partial charge in [-0.3, -0.25) is 0 Å². The lowest BCUT2D eigenvalue weighted by Crippen LogP contribution is -2.22. The zero-order valence-corrected chi connectivity index (χ0v) is 7.16. The van der Waals surface area contributed by atoms with Gasteiger partial charge < -0.3 is 15.0 Å². The average molecular weight is 167 g/mol. The highest BCUT2D eigenvalue weighted by atomic mass is 16.5. The quantitative estimate of drug-likeness (QED) is 0.687. The maximum atomic E-state index is 5.69. The van der Waals surface area contributed by atoms with E-state index in [2.05, 4.69) is 9.55 Å². The monoisotopic (exact) mass is 167 g/mol. The molecule has 0 aliphatic carbocycles. The van der Waals surface area contributed by atoms with Crippen molar-refractivity contribution in [1.82, 2.24) is 9.55 Å². The number of nitrogens with zero attached hydrogens (tertiary/aromatic N) is 2. The van der Waals surface area contributed by atoms with Crippen molar-refractivity contribution in [3.8, 4) is 0 Å². The minimum absolute atomic E-state index is 0.170. The molecule has 1 atom stereocenters. The number of fused-ring (bicyclic) bond motifs is 1. The first-order chi connectivity index (χ1) is 5.77. The van der Waals surface area contributed by atoms with E-state index in [-0.39, 0.29) is 6.04 Å². The van der Waals surface area contributed by atoms with Gasteiger partial charge in [-0.25, -0.2) is 4.98 Å². The highest BCUT2D eigenvalue weighted by molar-refractivity contribution is 5.14. The minimum atomic E-state index is 0.170. The van der Waals surface area contributed by atoms with Gasteiger partial charge >= 0.3 is 0 Å². The Hall–Kier alpha value is -0.870. The Balaban J connectivity index is 2.22.